The summed E-state index contributed by atoms with van der Waals surface area (Å²) in [6.07, 6.45) is 6.72. The van der Waals surface area contributed by atoms with Gasteiger partial charge in [0.25, 0.3) is 0 Å². The van der Waals surface area contributed by atoms with E-state index in [-0.39, 0.29) is 6.17 Å². The van der Waals surface area contributed by atoms with Crippen molar-refractivity contribution in [3.63, 3.8) is 0 Å². The monoisotopic (exact) mass is 337 g/mol. The topological polar surface area (TPSA) is 66.2 Å². The van der Waals surface area contributed by atoms with Crippen LogP contribution in [0.15, 0.2) is 42.6 Å². The van der Waals surface area contributed by atoms with Crippen LogP contribution in [-0.4, -0.2) is 35.7 Å². The van der Waals surface area contributed by atoms with Crippen molar-refractivity contribution >= 4 is 11.4 Å². The summed E-state index contributed by atoms with van der Waals surface area (Å²) in [5, 5.41) is 7.20. The number of hydrogen-bond acceptors (Lipinski definition) is 5. The number of aryl methyl sites for hydroxylation is 1. The van der Waals surface area contributed by atoms with E-state index in [1.54, 1.807) is 0 Å². The first-order valence-electron chi connectivity index (χ1n) is 9.35. The number of aromatic nitrogens is 1. The Balaban J connectivity index is 1.52. The molecule has 1 aromatic heterocycles. The van der Waals surface area contributed by atoms with Crippen LogP contribution in [0.4, 0.5) is 11.4 Å². The molecule has 2 aliphatic rings. The summed E-state index contributed by atoms with van der Waals surface area (Å²) in [6, 6.07) is 13.1. The molecule has 4 N–H and O–H groups in total. The second-order valence-electron chi connectivity index (χ2n) is 6.98. The highest BCUT2D eigenvalue weighted by Gasteiger charge is 2.30. The Morgan fingerprint density at radius 3 is 2.68 bits per heavy atom. The molecule has 0 amide bonds. The van der Waals surface area contributed by atoms with Crippen LogP contribution in [-0.2, 0) is 6.42 Å². The second kappa shape index (κ2) is 7.42. The zero-order valence-corrected chi connectivity index (χ0v) is 14.6. The molecule has 1 aliphatic heterocycles. The Kier molecular flexibility index (Phi) is 4.85. The van der Waals surface area contributed by atoms with Gasteiger partial charge in [-0.2, -0.15) is 0 Å². The van der Waals surface area contributed by atoms with Crippen molar-refractivity contribution in [2.24, 2.45) is 5.73 Å². The Morgan fingerprint density at radius 1 is 1.12 bits per heavy atom. The van der Waals surface area contributed by atoms with Crippen molar-refractivity contribution in [1.82, 2.24) is 9.88 Å². The first-order valence-corrected chi connectivity index (χ1v) is 9.35. The smallest absolute Gasteiger partial charge is 0.110 e. The molecule has 1 aliphatic carbocycles. The molecule has 0 spiro atoms. The molecule has 1 atom stereocenters. The fourth-order valence-electron chi connectivity index (χ4n) is 4.08. The largest absolute Gasteiger partial charge is 0.363 e. The van der Waals surface area contributed by atoms with E-state index in [2.05, 4.69) is 51.9 Å². The first-order chi connectivity index (χ1) is 12.3. The molecule has 0 fully saturated rings. The van der Waals surface area contributed by atoms with E-state index in [9.17, 15) is 0 Å². The number of rotatable bonds is 6. The van der Waals surface area contributed by atoms with E-state index in [1.165, 1.54) is 35.5 Å². The van der Waals surface area contributed by atoms with Gasteiger partial charge in [0, 0.05) is 19.3 Å². The van der Waals surface area contributed by atoms with Crippen LogP contribution in [0.2, 0.25) is 0 Å². The van der Waals surface area contributed by atoms with Gasteiger partial charge in [-0.3, -0.25) is 9.88 Å². The van der Waals surface area contributed by atoms with Crippen molar-refractivity contribution in [2.75, 3.05) is 30.3 Å². The van der Waals surface area contributed by atoms with Gasteiger partial charge in [0.2, 0.25) is 0 Å². The molecule has 2 heterocycles. The Labute approximate surface area is 149 Å². The quantitative estimate of drug-likeness (QED) is 0.756. The zero-order valence-electron chi connectivity index (χ0n) is 14.6. The van der Waals surface area contributed by atoms with Crippen molar-refractivity contribution < 1.29 is 0 Å². The molecule has 2 aromatic rings. The number of hydrogen-bond donors (Lipinski definition) is 3. The average Bonchev–Trinajstić information content (AvgIpc) is 3.07. The molecule has 25 heavy (non-hydrogen) atoms. The van der Waals surface area contributed by atoms with Gasteiger partial charge in [0.1, 0.15) is 6.17 Å². The lowest BCUT2D eigenvalue weighted by molar-refractivity contribution is 0.170. The molecule has 5 nitrogen and oxygen atoms in total. The standard InChI is InChI=1S/C20H27N5/c21-11-5-13-25(14-19-23-16-8-1-2-9-17(16)24-19)18-10-3-6-15-7-4-12-22-20(15)18/h1-2,4,7-9,12,18-19,23-24H,3,5-6,10-11,13-14,21H2. The van der Waals surface area contributed by atoms with E-state index in [4.69, 9.17) is 10.7 Å². The lowest BCUT2D eigenvalue weighted by atomic mass is 9.90. The molecule has 0 saturated heterocycles. The fraction of sp³-hybridized carbons (Fsp3) is 0.450. The van der Waals surface area contributed by atoms with E-state index >= 15 is 0 Å². The van der Waals surface area contributed by atoms with Gasteiger partial charge in [-0.05, 0) is 56.0 Å². The third-order valence-electron chi connectivity index (χ3n) is 5.26. The van der Waals surface area contributed by atoms with E-state index in [0.29, 0.717) is 6.04 Å². The molecule has 0 bridgehead atoms. The highest BCUT2D eigenvalue weighted by Crippen LogP contribution is 2.34. The van der Waals surface area contributed by atoms with Gasteiger partial charge in [0.15, 0.2) is 0 Å². The molecule has 5 heteroatoms. The fourth-order valence-corrected chi connectivity index (χ4v) is 4.08. The van der Waals surface area contributed by atoms with Gasteiger partial charge in [-0.25, -0.2) is 0 Å². The van der Waals surface area contributed by atoms with Gasteiger partial charge in [-0.15, -0.1) is 0 Å². The van der Waals surface area contributed by atoms with Crippen LogP contribution < -0.4 is 16.4 Å². The van der Waals surface area contributed by atoms with Gasteiger partial charge in [0.05, 0.1) is 23.1 Å². The third kappa shape index (κ3) is 3.48. The zero-order chi connectivity index (χ0) is 17.1. The van der Waals surface area contributed by atoms with E-state index in [0.717, 1.165) is 32.5 Å². The molecule has 0 radical (unpaired) electrons. The maximum absolute atomic E-state index is 5.80. The number of nitrogens with two attached hydrogens (primary N) is 1. The highest BCUT2D eigenvalue weighted by molar-refractivity contribution is 5.74. The van der Waals surface area contributed by atoms with Crippen molar-refractivity contribution in [2.45, 2.75) is 37.9 Å². The molecular formula is C20H27N5. The number of pyridine rings is 1. The summed E-state index contributed by atoms with van der Waals surface area (Å²) in [5.41, 5.74) is 10.9. The Hall–Kier alpha value is -2.11. The van der Waals surface area contributed by atoms with Crippen LogP contribution in [0.3, 0.4) is 0 Å². The maximum Gasteiger partial charge on any atom is 0.110 e. The minimum absolute atomic E-state index is 0.226. The lowest BCUT2D eigenvalue weighted by Crippen LogP contribution is -2.42. The van der Waals surface area contributed by atoms with E-state index in [1.807, 2.05) is 6.20 Å². The number of anilines is 2. The number of fused-ring (bicyclic) bond motifs is 2. The maximum atomic E-state index is 5.80. The van der Waals surface area contributed by atoms with Crippen LogP contribution in [0.1, 0.15) is 36.6 Å². The molecule has 4 rings (SSSR count). The summed E-state index contributed by atoms with van der Waals surface area (Å²) in [6.45, 7) is 2.67. The SMILES string of the molecule is NCCCN(CC1Nc2ccccc2N1)C1CCCc2cccnc21. The van der Waals surface area contributed by atoms with Gasteiger partial charge >= 0.3 is 0 Å². The summed E-state index contributed by atoms with van der Waals surface area (Å²) >= 11 is 0. The number of nitrogens with zero attached hydrogens (tertiary/aromatic N) is 2. The van der Waals surface area contributed by atoms with E-state index < -0.39 is 0 Å². The average molecular weight is 337 g/mol. The minimum Gasteiger partial charge on any atom is -0.363 e. The highest BCUT2D eigenvalue weighted by atomic mass is 15.3. The van der Waals surface area contributed by atoms with Crippen LogP contribution in [0.25, 0.3) is 0 Å². The molecule has 1 aromatic carbocycles. The first kappa shape index (κ1) is 16.4. The number of nitrogens with one attached hydrogen (secondary N) is 2. The molecular weight excluding hydrogens is 310 g/mol. The minimum atomic E-state index is 0.226. The molecule has 132 valence electrons. The van der Waals surface area contributed by atoms with Crippen molar-refractivity contribution in [3.05, 3.63) is 53.9 Å². The van der Waals surface area contributed by atoms with Gasteiger partial charge < -0.3 is 16.4 Å². The summed E-state index contributed by atoms with van der Waals surface area (Å²) in [4.78, 5) is 7.29. The van der Waals surface area contributed by atoms with Gasteiger partial charge in [-0.1, -0.05) is 18.2 Å². The number of benzene rings is 1. The predicted octanol–water partition coefficient (Wildman–Crippen LogP) is 2.97. The Bertz CT molecular complexity index is 692. The summed E-state index contributed by atoms with van der Waals surface area (Å²) in [5.74, 6) is 0. The predicted molar refractivity (Wildman–Crippen MR) is 103 cm³/mol. The van der Waals surface area contributed by atoms with Crippen molar-refractivity contribution in [1.29, 1.82) is 0 Å². The molecule has 1 unspecified atom stereocenters. The second-order valence-corrected chi connectivity index (χ2v) is 6.98. The van der Waals surface area contributed by atoms with Crippen LogP contribution >= 0.6 is 0 Å². The van der Waals surface area contributed by atoms with Crippen molar-refractivity contribution in [3.8, 4) is 0 Å². The van der Waals surface area contributed by atoms with Crippen LogP contribution in [0.5, 0.6) is 0 Å². The summed E-state index contributed by atoms with van der Waals surface area (Å²) < 4.78 is 0. The van der Waals surface area contributed by atoms with Crippen LogP contribution in [0, 0.1) is 0 Å². The third-order valence-corrected chi connectivity index (χ3v) is 5.26. The summed E-state index contributed by atoms with van der Waals surface area (Å²) in [7, 11) is 0. The molecule has 0 saturated carbocycles. The Morgan fingerprint density at radius 2 is 1.92 bits per heavy atom. The number of para-hydroxylation sites is 2. The lowest BCUT2D eigenvalue weighted by Gasteiger charge is -2.36. The normalized spacial score (nSPS) is 19.2.